The second-order valence-corrected chi connectivity index (χ2v) is 5.88. The highest BCUT2D eigenvalue weighted by molar-refractivity contribution is 5.81. The highest BCUT2D eigenvalue weighted by atomic mass is 16.5. The smallest absolute Gasteiger partial charge is 0.263 e. The summed E-state index contributed by atoms with van der Waals surface area (Å²) in [7, 11) is 0. The summed E-state index contributed by atoms with van der Waals surface area (Å²) in [4.78, 5) is 18.5. The van der Waals surface area contributed by atoms with E-state index in [9.17, 15) is 4.79 Å². The van der Waals surface area contributed by atoms with Gasteiger partial charge in [0.1, 0.15) is 11.9 Å². The van der Waals surface area contributed by atoms with Gasteiger partial charge < -0.3 is 14.4 Å². The molecular formula is C19H22N2O3. The fourth-order valence-corrected chi connectivity index (χ4v) is 2.79. The minimum atomic E-state index is -0.486. The van der Waals surface area contributed by atoms with Crippen LogP contribution in [0.2, 0.25) is 0 Å². The summed E-state index contributed by atoms with van der Waals surface area (Å²) < 4.78 is 11.6. The van der Waals surface area contributed by atoms with E-state index in [4.69, 9.17) is 9.47 Å². The van der Waals surface area contributed by atoms with Crippen LogP contribution in [0.1, 0.15) is 19.8 Å². The van der Waals surface area contributed by atoms with E-state index in [1.165, 1.54) is 0 Å². The van der Waals surface area contributed by atoms with Crippen LogP contribution in [0.25, 0.3) is 0 Å². The first-order chi connectivity index (χ1) is 11.7. The molecule has 1 aliphatic rings. The first-order valence-corrected chi connectivity index (χ1v) is 8.30. The van der Waals surface area contributed by atoms with Gasteiger partial charge in [-0.25, -0.2) is 4.98 Å². The number of pyridine rings is 1. The van der Waals surface area contributed by atoms with E-state index in [-0.39, 0.29) is 12.0 Å². The van der Waals surface area contributed by atoms with Crippen LogP contribution >= 0.6 is 0 Å². The van der Waals surface area contributed by atoms with E-state index in [1.54, 1.807) is 13.1 Å². The molecule has 0 aliphatic carbocycles. The third kappa shape index (κ3) is 4.25. The van der Waals surface area contributed by atoms with Gasteiger partial charge in [0.15, 0.2) is 6.10 Å². The molecule has 1 aromatic carbocycles. The minimum absolute atomic E-state index is 0.0233. The predicted octanol–water partition coefficient (Wildman–Crippen LogP) is 2.92. The van der Waals surface area contributed by atoms with Crippen molar-refractivity contribution >= 4 is 5.91 Å². The zero-order valence-electron chi connectivity index (χ0n) is 13.8. The van der Waals surface area contributed by atoms with Crippen LogP contribution in [0, 0.1) is 0 Å². The van der Waals surface area contributed by atoms with Crippen LogP contribution in [-0.2, 0) is 4.79 Å². The van der Waals surface area contributed by atoms with E-state index >= 15 is 0 Å². The number of benzene rings is 1. The Hall–Kier alpha value is -2.56. The number of hydrogen-bond donors (Lipinski definition) is 0. The number of hydrogen-bond acceptors (Lipinski definition) is 4. The number of aromatic nitrogens is 1. The molecule has 24 heavy (non-hydrogen) atoms. The molecular weight excluding hydrogens is 304 g/mol. The summed E-state index contributed by atoms with van der Waals surface area (Å²) >= 11 is 0. The highest BCUT2D eigenvalue weighted by Crippen LogP contribution is 2.18. The summed E-state index contributed by atoms with van der Waals surface area (Å²) in [6, 6.07) is 15.1. The largest absolute Gasteiger partial charge is 0.481 e. The lowest BCUT2D eigenvalue weighted by Gasteiger charge is -2.33. The van der Waals surface area contributed by atoms with Gasteiger partial charge >= 0.3 is 0 Å². The Labute approximate surface area is 142 Å². The third-order valence-corrected chi connectivity index (χ3v) is 4.08. The Bertz CT molecular complexity index is 640. The maximum Gasteiger partial charge on any atom is 0.263 e. The van der Waals surface area contributed by atoms with Crippen LogP contribution < -0.4 is 9.47 Å². The Morgan fingerprint density at radius 2 is 1.83 bits per heavy atom. The van der Waals surface area contributed by atoms with Crippen LogP contribution in [-0.4, -0.2) is 41.1 Å². The fraction of sp³-hybridized carbons (Fsp3) is 0.368. The average molecular weight is 326 g/mol. The van der Waals surface area contributed by atoms with Crippen molar-refractivity contribution in [2.75, 3.05) is 13.1 Å². The number of likely N-dealkylation sites (tertiary alicyclic amines) is 1. The molecule has 1 fully saturated rings. The maximum absolute atomic E-state index is 12.5. The van der Waals surface area contributed by atoms with Crippen LogP contribution in [0.3, 0.4) is 0 Å². The number of ether oxygens (including phenoxy) is 2. The van der Waals surface area contributed by atoms with Crippen molar-refractivity contribution < 1.29 is 14.3 Å². The molecule has 1 amide bonds. The molecule has 0 saturated carbocycles. The fourth-order valence-electron chi connectivity index (χ4n) is 2.79. The molecule has 0 radical (unpaired) electrons. The zero-order chi connectivity index (χ0) is 16.8. The van der Waals surface area contributed by atoms with E-state index in [2.05, 4.69) is 4.98 Å². The van der Waals surface area contributed by atoms with Gasteiger partial charge in [-0.15, -0.1) is 0 Å². The molecule has 2 aromatic rings. The predicted molar refractivity (Wildman–Crippen MR) is 91.0 cm³/mol. The van der Waals surface area contributed by atoms with Gasteiger partial charge in [-0.05, 0) is 25.1 Å². The van der Waals surface area contributed by atoms with Gasteiger partial charge in [0.2, 0.25) is 5.88 Å². The molecule has 0 spiro atoms. The van der Waals surface area contributed by atoms with Gasteiger partial charge in [-0.3, -0.25) is 4.79 Å². The third-order valence-electron chi connectivity index (χ3n) is 4.08. The van der Waals surface area contributed by atoms with Crippen molar-refractivity contribution in [1.82, 2.24) is 9.88 Å². The molecule has 1 aromatic heterocycles. The number of rotatable bonds is 5. The standard InChI is InChI=1S/C19H22N2O3/c1-15(23-16-7-3-2-4-8-16)19(22)21-13-10-17(11-14-21)24-18-9-5-6-12-20-18/h2-9,12,15,17H,10-11,13-14H2,1H3. The first kappa shape index (κ1) is 16.3. The molecule has 126 valence electrons. The molecule has 3 rings (SSSR count). The lowest BCUT2D eigenvalue weighted by Crippen LogP contribution is -2.46. The quantitative estimate of drug-likeness (QED) is 0.848. The van der Waals surface area contributed by atoms with Gasteiger partial charge in [-0.1, -0.05) is 24.3 Å². The van der Waals surface area contributed by atoms with Crippen molar-refractivity contribution in [3.8, 4) is 11.6 Å². The molecule has 2 heterocycles. The Morgan fingerprint density at radius 3 is 2.50 bits per heavy atom. The van der Waals surface area contributed by atoms with Gasteiger partial charge in [0, 0.05) is 38.2 Å². The normalized spacial score (nSPS) is 16.5. The molecule has 1 atom stereocenters. The van der Waals surface area contributed by atoms with Crippen LogP contribution in [0.4, 0.5) is 0 Å². The zero-order valence-corrected chi connectivity index (χ0v) is 13.8. The number of piperidine rings is 1. The number of nitrogens with zero attached hydrogens (tertiary/aromatic N) is 2. The second-order valence-electron chi connectivity index (χ2n) is 5.88. The molecule has 1 unspecified atom stereocenters. The summed E-state index contributed by atoms with van der Waals surface area (Å²) in [5.41, 5.74) is 0. The van der Waals surface area contributed by atoms with Crippen LogP contribution in [0.5, 0.6) is 11.6 Å². The summed E-state index contributed by atoms with van der Waals surface area (Å²) in [6.45, 7) is 3.16. The average Bonchev–Trinajstić information content (AvgIpc) is 2.63. The molecule has 1 saturated heterocycles. The summed E-state index contributed by atoms with van der Waals surface area (Å²) in [5.74, 6) is 1.38. The monoisotopic (exact) mass is 326 g/mol. The Morgan fingerprint density at radius 1 is 1.12 bits per heavy atom. The summed E-state index contributed by atoms with van der Waals surface area (Å²) in [6.07, 6.45) is 2.95. The van der Waals surface area contributed by atoms with Crippen LogP contribution in [0.15, 0.2) is 54.7 Å². The number of para-hydroxylation sites is 1. The van der Waals surface area contributed by atoms with Gasteiger partial charge in [0.25, 0.3) is 5.91 Å². The summed E-state index contributed by atoms with van der Waals surface area (Å²) in [5, 5.41) is 0. The van der Waals surface area contributed by atoms with Crippen molar-refractivity contribution in [1.29, 1.82) is 0 Å². The van der Waals surface area contributed by atoms with E-state index in [0.717, 1.165) is 12.8 Å². The molecule has 0 N–H and O–H groups in total. The maximum atomic E-state index is 12.5. The SMILES string of the molecule is CC(Oc1ccccc1)C(=O)N1CCC(Oc2ccccn2)CC1. The Kier molecular flexibility index (Phi) is 5.31. The van der Waals surface area contributed by atoms with Crippen molar-refractivity contribution in [3.05, 3.63) is 54.7 Å². The number of amides is 1. The molecule has 5 nitrogen and oxygen atoms in total. The second kappa shape index (κ2) is 7.81. The lowest BCUT2D eigenvalue weighted by molar-refractivity contribution is -0.139. The van der Waals surface area contributed by atoms with Crippen molar-refractivity contribution in [3.63, 3.8) is 0 Å². The van der Waals surface area contributed by atoms with Gasteiger partial charge in [-0.2, -0.15) is 0 Å². The number of carbonyl (C=O) groups excluding carboxylic acids is 1. The number of carbonyl (C=O) groups is 1. The molecule has 0 bridgehead atoms. The topological polar surface area (TPSA) is 51.7 Å². The first-order valence-electron chi connectivity index (χ1n) is 8.30. The lowest BCUT2D eigenvalue weighted by atomic mass is 10.1. The van der Waals surface area contributed by atoms with Crippen molar-refractivity contribution in [2.45, 2.75) is 32.0 Å². The minimum Gasteiger partial charge on any atom is -0.481 e. The molecule has 1 aliphatic heterocycles. The van der Waals surface area contributed by atoms with E-state index < -0.39 is 6.10 Å². The Balaban J connectivity index is 1.48. The van der Waals surface area contributed by atoms with Crippen molar-refractivity contribution in [2.24, 2.45) is 0 Å². The molecule has 5 heteroatoms. The highest BCUT2D eigenvalue weighted by Gasteiger charge is 2.27. The van der Waals surface area contributed by atoms with E-state index in [0.29, 0.717) is 24.7 Å². The van der Waals surface area contributed by atoms with E-state index in [1.807, 2.05) is 53.4 Å². The van der Waals surface area contributed by atoms with Gasteiger partial charge in [0.05, 0.1) is 0 Å².